The predicted molar refractivity (Wildman–Crippen MR) is 175 cm³/mol. The van der Waals surface area contributed by atoms with Crippen molar-refractivity contribution in [3.8, 4) is 22.3 Å². The van der Waals surface area contributed by atoms with E-state index in [0.29, 0.717) is 0 Å². The summed E-state index contributed by atoms with van der Waals surface area (Å²) in [5.74, 6) is 0.852. The Bertz CT molecular complexity index is 1960. The molecule has 0 bridgehead atoms. The molecule has 0 saturated carbocycles. The van der Waals surface area contributed by atoms with Crippen molar-refractivity contribution in [2.45, 2.75) is 19.9 Å². The van der Waals surface area contributed by atoms with E-state index in [1.54, 1.807) is 0 Å². The maximum Gasteiger partial charge on any atom is 0.208 e. The van der Waals surface area contributed by atoms with Crippen LogP contribution in [-0.2, 0) is 0 Å². The van der Waals surface area contributed by atoms with Gasteiger partial charge in [-0.3, -0.25) is 4.57 Å². The first kappa shape index (κ1) is 24.6. The highest BCUT2D eigenvalue weighted by Gasteiger charge is 2.34. The van der Waals surface area contributed by atoms with Gasteiger partial charge in [-0.05, 0) is 58.1 Å². The van der Waals surface area contributed by atoms with Gasteiger partial charge >= 0.3 is 0 Å². The van der Waals surface area contributed by atoms with Crippen molar-refractivity contribution in [2.24, 2.45) is 10.4 Å². The second-order valence-electron chi connectivity index (χ2n) is 11.9. The molecule has 1 aromatic heterocycles. The van der Waals surface area contributed by atoms with E-state index in [-0.39, 0.29) is 11.5 Å². The SMILES string of the molecule is CC1(C)C=C2NC(n3c4ccccc4c4ccccc43)=NC(c3cc(-c4ccccc4)cc(-c4ccccc4)c3)C2=C1. The Morgan fingerprint density at radius 2 is 1.12 bits per heavy atom. The number of nitrogens with zero attached hydrogens (tertiary/aromatic N) is 2. The Labute approximate surface area is 246 Å². The normalized spacial score (nSPS) is 17.4. The van der Waals surface area contributed by atoms with Gasteiger partial charge in [0.1, 0.15) is 6.04 Å². The lowest BCUT2D eigenvalue weighted by Gasteiger charge is -2.28. The lowest BCUT2D eigenvalue weighted by Crippen LogP contribution is -2.35. The molecule has 2 aliphatic rings. The molecule has 2 heterocycles. The standard InChI is InChI=1S/C39H31N3/c1-39(2)24-33-34(25-39)40-38(42-35-19-11-9-17-31(35)32-18-10-12-20-36(32)42)41-37(33)30-22-28(26-13-5-3-6-14-26)21-29(23-30)27-15-7-4-8-16-27/h3-25,37H,1-2H3,(H,40,41). The Morgan fingerprint density at radius 3 is 1.69 bits per heavy atom. The first-order valence-electron chi connectivity index (χ1n) is 14.6. The lowest BCUT2D eigenvalue weighted by molar-refractivity contribution is 0.631. The van der Waals surface area contributed by atoms with E-state index in [0.717, 1.165) is 22.7 Å². The molecular weight excluding hydrogens is 510 g/mol. The fourth-order valence-electron chi connectivity index (χ4n) is 6.58. The quantitative estimate of drug-likeness (QED) is 0.237. The van der Waals surface area contributed by atoms with Crippen molar-refractivity contribution in [1.82, 2.24) is 9.88 Å². The average molecular weight is 542 g/mol. The predicted octanol–water partition coefficient (Wildman–Crippen LogP) is 9.53. The largest absolute Gasteiger partial charge is 0.326 e. The number of hydrogen-bond donors (Lipinski definition) is 1. The van der Waals surface area contributed by atoms with Gasteiger partial charge in [-0.15, -0.1) is 0 Å². The molecule has 202 valence electrons. The zero-order chi connectivity index (χ0) is 28.3. The highest BCUT2D eigenvalue weighted by molar-refractivity contribution is 6.14. The molecule has 0 fully saturated rings. The van der Waals surface area contributed by atoms with Crippen LogP contribution >= 0.6 is 0 Å². The average Bonchev–Trinajstić information content (AvgIpc) is 3.54. The second kappa shape index (κ2) is 9.46. The van der Waals surface area contributed by atoms with Gasteiger partial charge < -0.3 is 5.32 Å². The number of nitrogens with one attached hydrogen (secondary N) is 1. The van der Waals surface area contributed by atoms with Crippen molar-refractivity contribution >= 4 is 27.8 Å². The van der Waals surface area contributed by atoms with Crippen LogP contribution in [0.2, 0.25) is 0 Å². The highest BCUT2D eigenvalue weighted by atomic mass is 15.2. The molecule has 1 aliphatic carbocycles. The molecule has 0 radical (unpaired) electrons. The summed E-state index contributed by atoms with van der Waals surface area (Å²) in [7, 11) is 0. The molecule has 3 nitrogen and oxygen atoms in total. The highest BCUT2D eigenvalue weighted by Crippen LogP contribution is 2.44. The summed E-state index contributed by atoms with van der Waals surface area (Å²) in [4.78, 5) is 5.53. The van der Waals surface area contributed by atoms with E-state index in [1.165, 1.54) is 44.2 Å². The number of rotatable bonds is 3. The minimum atomic E-state index is -0.152. The van der Waals surface area contributed by atoms with E-state index >= 15 is 0 Å². The Hall–Kier alpha value is -5.15. The van der Waals surface area contributed by atoms with Gasteiger partial charge in [0, 0.05) is 27.5 Å². The van der Waals surface area contributed by atoms with Crippen LogP contribution in [0.4, 0.5) is 0 Å². The molecule has 0 saturated heterocycles. The molecule has 3 heteroatoms. The van der Waals surface area contributed by atoms with Crippen LogP contribution in [0.5, 0.6) is 0 Å². The van der Waals surface area contributed by atoms with Crippen molar-refractivity contribution in [2.75, 3.05) is 0 Å². The monoisotopic (exact) mass is 541 g/mol. The number of aromatic nitrogens is 1. The summed E-state index contributed by atoms with van der Waals surface area (Å²) in [6, 6.07) is 45.4. The zero-order valence-corrected chi connectivity index (χ0v) is 23.8. The molecule has 6 aromatic rings. The van der Waals surface area contributed by atoms with E-state index in [9.17, 15) is 0 Å². The van der Waals surface area contributed by atoms with Gasteiger partial charge in [-0.1, -0.05) is 123 Å². The summed E-state index contributed by atoms with van der Waals surface area (Å²) in [6.07, 6.45) is 4.72. The first-order valence-corrected chi connectivity index (χ1v) is 14.6. The number of allylic oxidation sites excluding steroid dienone is 2. The van der Waals surface area contributed by atoms with Gasteiger partial charge in [0.05, 0.1) is 11.0 Å². The van der Waals surface area contributed by atoms with Gasteiger partial charge in [-0.2, -0.15) is 0 Å². The molecule has 5 aromatic carbocycles. The third-order valence-electron chi connectivity index (χ3n) is 8.42. The molecule has 1 atom stereocenters. The summed E-state index contributed by atoms with van der Waals surface area (Å²) < 4.78 is 2.29. The van der Waals surface area contributed by atoms with Gasteiger partial charge in [0.25, 0.3) is 0 Å². The fourth-order valence-corrected chi connectivity index (χ4v) is 6.58. The van der Waals surface area contributed by atoms with Crippen LogP contribution in [0.3, 0.4) is 0 Å². The first-order chi connectivity index (χ1) is 20.5. The number of aliphatic imine (C=N–C) groups is 1. The molecule has 1 aliphatic heterocycles. The second-order valence-corrected chi connectivity index (χ2v) is 11.9. The number of para-hydroxylation sites is 2. The fraction of sp³-hybridized carbons (Fsp3) is 0.103. The maximum absolute atomic E-state index is 5.53. The van der Waals surface area contributed by atoms with E-state index in [2.05, 4.69) is 163 Å². The number of hydrogen-bond acceptors (Lipinski definition) is 2. The van der Waals surface area contributed by atoms with Crippen LogP contribution in [0.15, 0.2) is 156 Å². The third kappa shape index (κ3) is 4.09. The number of benzene rings is 5. The van der Waals surface area contributed by atoms with Crippen molar-refractivity contribution in [1.29, 1.82) is 0 Å². The molecule has 0 spiro atoms. The van der Waals surface area contributed by atoms with E-state index in [4.69, 9.17) is 4.99 Å². The molecule has 1 unspecified atom stereocenters. The summed E-state index contributed by atoms with van der Waals surface area (Å²) in [6.45, 7) is 4.53. The van der Waals surface area contributed by atoms with Crippen LogP contribution in [0.1, 0.15) is 25.5 Å². The van der Waals surface area contributed by atoms with Gasteiger partial charge in [-0.25, -0.2) is 4.99 Å². The van der Waals surface area contributed by atoms with Crippen LogP contribution < -0.4 is 5.32 Å². The summed E-state index contributed by atoms with van der Waals surface area (Å²) >= 11 is 0. The van der Waals surface area contributed by atoms with Crippen LogP contribution in [-0.4, -0.2) is 10.5 Å². The van der Waals surface area contributed by atoms with Gasteiger partial charge in [0.15, 0.2) is 0 Å². The third-order valence-corrected chi connectivity index (χ3v) is 8.42. The van der Waals surface area contributed by atoms with Crippen LogP contribution in [0, 0.1) is 5.41 Å². The molecule has 1 N–H and O–H groups in total. The molecule has 0 amide bonds. The Balaban J connectivity index is 1.38. The van der Waals surface area contributed by atoms with Crippen molar-refractivity contribution in [3.05, 3.63) is 156 Å². The minimum absolute atomic E-state index is 0.0684. The Morgan fingerprint density at radius 1 is 0.595 bits per heavy atom. The van der Waals surface area contributed by atoms with E-state index < -0.39 is 0 Å². The van der Waals surface area contributed by atoms with E-state index in [1.807, 2.05) is 0 Å². The Kier molecular flexibility index (Phi) is 5.55. The lowest BCUT2D eigenvalue weighted by atomic mass is 9.89. The zero-order valence-electron chi connectivity index (χ0n) is 23.8. The van der Waals surface area contributed by atoms with Gasteiger partial charge in [0.2, 0.25) is 5.96 Å². The maximum atomic E-state index is 5.53. The minimum Gasteiger partial charge on any atom is -0.326 e. The summed E-state index contributed by atoms with van der Waals surface area (Å²) in [5, 5.41) is 6.22. The summed E-state index contributed by atoms with van der Waals surface area (Å²) in [5.41, 5.74) is 10.6. The molecule has 8 rings (SSSR count). The van der Waals surface area contributed by atoms with Crippen molar-refractivity contribution < 1.29 is 0 Å². The number of fused-ring (bicyclic) bond motifs is 4. The smallest absolute Gasteiger partial charge is 0.208 e. The topological polar surface area (TPSA) is 29.3 Å². The van der Waals surface area contributed by atoms with Crippen LogP contribution in [0.25, 0.3) is 44.1 Å². The molecular formula is C39H31N3. The van der Waals surface area contributed by atoms with Crippen molar-refractivity contribution in [3.63, 3.8) is 0 Å². The molecule has 42 heavy (non-hydrogen) atoms.